The number of hydrogen-bond acceptors (Lipinski definition) is 7. The third kappa shape index (κ3) is 3.07. The highest BCUT2D eigenvalue weighted by Gasteiger charge is 2.16. The Morgan fingerprint density at radius 1 is 1.55 bits per heavy atom. The number of thiophene rings is 1. The summed E-state index contributed by atoms with van der Waals surface area (Å²) in [7, 11) is 1.35. The molecule has 3 aromatic rings. The molecule has 0 amide bonds. The summed E-state index contributed by atoms with van der Waals surface area (Å²) in [6.07, 6.45) is 0. The van der Waals surface area contributed by atoms with Gasteiger partial charge in [-0.2, -0.15) is 0 Å². The highest BCUT2D eigenvalue weighted by molar-refractivity contribution is 7.98. The van der Waals surface area contributed by atoms with Crippen molar-refractivity contribution in [3.8, 4) is 10.7 Å². The van der Waals surface area contributed by atoms with E-state index in [0.29, 0.717) is 28.0 Å². The second-order valence-corrected chi connectivity index (χ2v) is 6.30. The lowest BCUT2D eigenvalue weighted by Gasteiger charge is -1.93. The number of rotatable bonds is 5. The van der Waals surface area contributed by atoms with Gasteiger partial charge in [-0.25, -0.2) is 9.78 Å². The van der Waals surface area contributed by atoms with Gasteiger partial charge in [-0.1, -0.05) is 17.8 Å². The van der Waals surface area contributed by atoms with Crippen LogP contribution in [-0.2, 0) is 10.5 Å². The smallest absolute Gasteiger partial charge is 0.341 e. The molecule has 0 aliphatic carbocycles. The fourth-order valence-electron chi connectivity index (χ4n) is 1.90. The van der Waals surface area contributed by atoms with Crippen LogP contribution in [0.1, 0.15) is 21.9 Å². The van der Waals surface area contributed by atoms with Crippen LogP contribution in [0.4, 0.5) is 0 Å². The fraction of sp³-hybridized carbons (Fsp3) is 0.214. The number of esters is 1. The molecule has 8 heteroatoms. The van der Waals surface area contributed by atoms with E-state index in [9.17, 15) is 4.79 Å². The Hall–Kier alpha value is -2.06. The number of aryl methyl sites for hydroxylation is 1. The molecule has 22 heavy (non-hydrogen) atoms. The fourth-order valence-corrected chi connectivity index (χ4v) is 3.24. The third-order valence-corrected chi connectivity index (χ3v) is 4.68. The minimum atomic E-state index is -0.393. The number of aromatic amines is 1. The molecular weight excluding hydrogens is 322 g/mol. The Morgan fingerprint density at radius 2 is 2.41 bits per heavy atom. The Labute approximate surface area is 134 Å². The number of aromatic nitrogens is 3. The number of ether oxygens (including phenoxy) is 1. The Bertz CT molecular complexity index is 777. The predicted octanol–water partition coefficient (Wildman–Crippen LogP) is 3.51. The quantitative estimate of drug-likeness (QED) is 0.567. The Morgan fingerprint density at radius 3 is 3.14 bits per heavy atom. The summed E-state index contributed by atoms with van der Waals surface area (Å²) < 4.78 is 10.3. The minimum Gasteiger partial charge on any atom is -0.465 e. The maximum absolute atomic E-state index is 11.5. The molecule has 6 nitrogen and oxygen atoms in total. The molecule has 0 saturated heterocycles. The molecular formula is C14H13N3O3S2. The first-order chi connectivity index (χ1) is 10.7. The number of methoxy groups -OCH3 is 1. The molecule has 1 N–H and O–H groups in total. The topological polar surface area (TPSA) is 81.0 Å². The van der Waals surface area contributed by atoms with Gasteiger partial charge < -0.3 is 9.15 Å². The van der Waals surface area contributed by atoms with E-state index in [4.69, 9.17) is 9.15 Å². The molecule has 0 bridgehead atoms. The molecule has 0 aliphatic rings. The second kappa shape index (κ2) is 6.37. The van der Waals surface area contributed by atoms with Gasteiger partial charge in [0.25, 0.3) is 0 Å². The van der Waals surface area contributed by atoms with Crippen LogP contribution in [0.2, 0.25) is 0 Å². The molecule has 0 aliphatic heterocycles. The molecule has 0 saturated carbocycles. The number of hydrogen-bond donors (Lipinski definition) is 1. The van der Waals surface area contributed by atoms with Gasteiger partial charge in [-0.15, -0.1) is 16.4 Å². The number of carbonyl (C=O) groups excluding carboxylic acids is 1. The summed E-state index contributed by atoms with van der Waals surface area (Å²) in [6.45, 7) is 1.74. The number of nitrogens with zero attached hydrogens (tertiary/aromatic N) is 2. The zero-order chi connectivity index (χ0) is 15.5. The van der Waals surface area contributed by atoms with Crippen LogP contribution in [-0.4, -0.2) is 28.3 Å². The lowest BCUT2D eigenvalue weighted by Crippen LogP contribution is -2.00. The lowest BCUT2D eigenvalue weighted by atomic mass is 10.2. The zero-order valence-corrected chi connectivity index (χ0v) is 13.6. The predicted molar refractivity (Wildman–Crippen MR) is 84.0 cm³/mol. The van der Waals surface area contributed by atoms with Crippen molar-refractivity contribution in [2.24, 2.45) is 0 Å². The summed E-state index contributed by atoms with van der Waals surface area (Å²) in [5.74, 6) is 2.14. The molecule has 0 unspecified atom stereocenters. The van der Waals surface area contributed by atoms with Crippen molar-refractivity contribution >= 4 is 29.1 Å². The molecule has 3 heterocycles. The van der Waals surface area contributed by atoms with Gasteiger partial charge in [-0.3, -0.25) is 5.10 Å². The number of carbonyl (C=O) groups is 1. The van der Waals surface area contributed by atoms with Crippen LogP contribution in [0.5, 0.6) is 0 Å². The zero-order valence-electron chi connectivity index (χ0n) is 12.0. The number of nitrogens with one attached hydrogen (secondary N) is 1. The molecule has 114 valence electrons. The highest BCUT2D eigenvalue weighted by Crippen LogP contribution is 2.26. The molecule has 3 rings (SSSR count). The van der Waals surface area contributed by atoms with Crippen molar-refractivity contribution < 1.29 is 13.9 Å². The third-order valence-electron chi connectivity index (χ3n) is 2.94. The van der Waals surface area contributed by atoms with Crippen molar-refractivity contribution in [1.82, 2.24) is 15.2 Å². The van der Waals surface area contributed by atoms with E-state index in [1.807, 2.05) is 17.5 Å². The first-order valence-corrected chi connectivity index (χ1v) is 8.30. The molecule has 3 aromatic heterocycles. The maximum atomic E-state index is 11.5. The summed E-state index contributed by atoms with van der Waals surface area (Å²) in [5.41, 5.74) is 0.451. The maximum Gasteiger partial charge on any atom is 0.341 e. The average Bonchev–Trinajstić information content (AvgIpc) is 3.24. The van der Waals surface area contributed by atoms with Crippen LogP contribution >= 0.6 is 23.1 Å². The standard InChI is InChI=1S/C14H13N3O3S2/c1-8-10(13(18)19-2)6-9(20-8)7-22-14-15-12(16-17-14)11-4-3-5-21-11/h3-6H,7H2,1-2H3,(H,15,16,17). The molecule has 0 atom stereocenters. The van der Waals surface area contributed by atoms with Crippen LogP contribution in [0.15, 0.2) is 33.2 Å². The second-order valence-electron chi connectivity index (χ2n) is 4.41. The van der Waals surface area contributed by atoms with Gasteiger partial charge in [0.15, 0.2) is 5.82 Å². The first kappa shape index (κ1) is 14.9. The molecule has 0 fully saturated rings. The first-order valence-electron chi connectivity index (χ1n) is 6.44. The van der Waals surface area contributed by atoms with Crippen LogP contribution < -0.4 is 0 Å². The van der Waals surface area contributed by atoms with Gasteiger partial charge in [0, 0.05) is 0 Å². The normalized spacial score (nSPS) is 10.8. The summed E-state index contributed by atoms with van der Waals surface area (Å²) >= 11 is 3.04. The van der Waals surface area contributed by atoms with Crippen molar-refractivity contribution in [2.75, 3.05) is 7.11 Å². The van der Waals surface area contributed by atoms with Gasteiger partial charge in [-0.05, 0) is 24.4 Å². The monoisotopic (exact) mass is 335 g/mol. The minimum absolute atomic E-state index is 0.393. The molecule has 0 radical (unpaired) electrons. The van der Waals surface area contributed by atoms with Crippen LogP contribution in [0.25, 0.3) is 10.7 Å². The lowest BCUT2D eigenvalue weighted by molar-refractivity contribution is 0.0599. The SMILES string of the molecule is COC(=O)c1cc(CSc2n[nH]c(-c3cccs3)n2)oc1C. The highest BCUT2D eigenvalue weighted by atomic mass is 32.2. The van der Waals surface area contributed by atoms with E-state index in [2.05, 4.69) is 15.2 Å². The van der Waals surface area contributed by atoms with Crippen LogP contribution in [0, 0.1) is 6.92 Å². The average molecular weight is 335 g/mol. The van der Waals surface area contributed by atoms with E-state index in [0.717, 1.165) is 10.7 Å². The van der Waals surface area contributed by atoms with Crippen molar-refractivity contribution in [2.45, 2.75) is 17.8 Å². The molecule has 0 aromatic carbocycles. The van der Waals surface area contributed by atoms with E-state index >= 15 is 0 Å². The van der Waals surface area contributed by atoms with E-state index in [-0.39, 0.29) is 0 Å². The van der Waals surface area contributed by atoms with Gasteiger partial charge in [0.05, 0.1) is 17.7 Å². The Balaban J connectivity index is 1.67. The van der Waals surface area contributed by atoms with Gasteiger partial charge in [0.2, 0.25) is 5.16 Å². The number of furan rings is 1. The number of thioether (sulfide) groups is 1. The molecule has 0 spiro atoms. The van der Waals surface area contributed by atoms with E-state index in [1.165, 1.54) is 18.9 Å². The largest absolute Gasteiger partial charge is 0.465 e. The van der Waals surface area contributed by atoms with Gasteiger partial charge >= 0.3 is 5.97 Å². The van der Waals surface area contributed by atoms with Gasteiger partial charge in [0.1, 0.15) is 17.1 Å². The van der Waals surface area contributed by atoms with Crippen molar-refractivity contribution in [1.29, 1.82) is 0 Å². The van der Waals surface area contributed by atoms with E-state index in [1.54, 1.807) is 24.3 Å². The summed E-state index contributed by atoms with van der Waals surface area (Å²) in [5, 5.41) is 9.71. The summed E-state index contributed by atoms with van der Waals surface area (Å²) in [4.78, 5) is 17.0. The Kier molecular flexibility index (Phi) is 4.30. The van der Waals surface area contributed by atoms with E-state index < -0.39 is 5.97 Å². The van der Waals surface area contributed by atoms with Crippen molar-refractivity contribution in [3.05, 3.63) is 40.7 Å². The van der Waals surface area contributed by atoms with Crippen LogP contribution in [0.3, 0.4) is 0 Å². The van der Waals surface area contributed by atoms with Crippen molar-refractivity contribution in [3.63, 3.8) is 0 Å². The number of H-pyrrole nitrogens is 1. The summed E-state index contributed by atoms with van der Waals surface area (Å²) in [6, 6.07) is 5.65.